The molecule has 7 heteroatoms. The van der Waals surface area contributed by atoms with Crippen molar-refractivity contribution in [3.05, 3.63) is 27.7 Å². The summed E-state index contributed by atoms with van der Waals surface area (Å²) in [5.74, 6) is -0.372. The van der Waals surface area contributed by atoms with E-state index in [-0.39, 0.29) is 25.1 Å². The number of hydrogen-bond acceptors (Lipinski definition) is 4. The van der Waals surface area contributed by atoms with E-state index in [2.05, 4.69) is 20.7 Å². The molecule has 0 fully saturated rings. The van der Waals surface area contributed by atoms with Crippen molar-refractivity contribution in [2.45, 2.75) is 19.9 Å². The molecule has 21 heavy (non-hydrogen) atoms. The minimum atomic E-state index is -0.473. The van der Waals surface area contributed by atoms with E-state index in [1.807, 2.05) is 13.8 Å². The lowest BCUT2D eigenvalue weighted by Crippen LogP contribution is -2.43. The van der Waals surface area contributed by atoms with Crippen LogP contribution in [0, 0.1) is 0 Å². The number of nitrogens with zero attached hydrogens (tertiary/aromatic N) is 1. The Morgan fingerprint density at radius 3 is 2.57 bits per heavy atom. The van der Waals surface area contributed by atoms with Gasteiger partial charge in [0.05, 0.1) is 12.1 Å². The highest BCUT2D eigenvalue weighted by Gasteiger charge is 2.21. The number of benzene rings is 1. The maximum absolute atomic E-state index is 12.1. The molecule has 0 unspecified atom stereocenters. The van der Waals surface area contributed by atoms with Crippen molar-refractivity contribution < 1.29 is 19.1 Å². The van der Waals surface area contributed by atoms with Gasteiger partial charge in [0.1, 0.15) is 12.3 Å². The minimum absolute atomic E-state index is 0.107. The molecule has 0 saturated carbocycles. The van der Waals surface area contributed by atoms with Gasteiger partial charge in [0.25, 0.3) is 5.91 Å². The lowest BCUT2D eigenvalue weighted by Gasteiger charge is -2.25. The van der Waals surface area contributed by atoms with E-state index in [1.54, 1.807) is 18.2 Å². The number of amides is 1. The van der Waals surface area contributed by atoms with Gasteiger partial charge in [-0.2, -0.15) is 0 Å². The molecule has 116 valence electrons. The van der Waals surface area contributed by atoms with Crippen LogP contribution in [0.3, 0.4) is 0 Å². The zero-order valence-electron chi connectivity index (χ0n) is 12.1. The first-order valence-corrected chi connectivity index (χ1v) is 7.46. The van der Waals surface area contributed by atoms with E-state index in [1.165, 1.54) is 12.0 Å². The number of halogens is 2. The largest absolute Gasteiger partial charge is 0.482 e. The summed E-state index contributed by atoms with van der Waals surface area (Å²) in [6.07, 6.45) is 0. The summed E-state index contributed by atoms with van der Waals surface area (Å²) >= 11 is 9.29. The normalized spacial score (nSPS) is 10.4. The number of esters is 1. The van der Waals surface area contributed by atoms with Gasteiger partial charge in [-0.3, -0.25) is 9.59 Å². The van der Waals surface area contributed by atoms with E-state index in [0.717, 1.165) is 4.47 Å². The Balaban J connectivity index is 2.67. The fourth-order valence-electron chi connectivity index (χ4n) is 1.58. The summed E-state index contributed by atoms with van der Waals surface area (Å²) in [6.45, 7) is 3.32. The smallest absolute Gasteiger partial charge is 0.325 e. The molecular formula is C14H17BrClNO4. The topological polar surface area (TPSA) is 55.8 Å². The third kappa shape index (κ3) is 5.55. The highest BCUT2D eigenvalue weighted by molar-refractivity contribution is 9.10. The molecule has 1 aromatic carbocycles. The third-order valence-electron chi connectivity index (χ3n) is 2.72. The van der Waals surface area contributed by atoms with Gasteiger partial charge in [0, 0.05) is 10.5 Å². The standard InChI is InChI=1S/C14H17BrClNO4/c1-9(2)17(7-14(19)20-3)13(18)8-21-12-5-4-10(15)6-11(12)16/h4-6,9H,7-8H2,1-3H3. The molecule has 0 saturated heterocycles. The lowest BCUT2D eigenvalue weighted by atomic mass is 10.3. The van der Waals surface area contributed by atoms with Crippen molar-refractivity contribution in [2.75, 3.05) is 20.3 Å². The highest BCUT2D eigenvalue weighted by atomic mass is 79.9. The van der Waals surface area contributed by atoms with Crippen molar-refractivity contribution in [3.8, 4) is 5.75 Å². The molecule has 0 spiro atoms. The molecule has 0 heterocycles. The van der Waals surface area contributed by atoms with Crippen LogP contribution < -0.4 is 4.74 Å². The summed E-state index contributed by atoms with van der Waals surface area (Å²) in [7, 11) is 1.28. The zero-order chi connectivity index (χ0) is 16.0. The molecule has 5 nitrogen and oxygen atoms in total. The van der Waals surface area contributed by atoms with Crippen molar-refractivity contribution in [2.24, 2.45) is 0 Å². The molecule has 0 aliphatic carbocycles. The Kier molecular flexibility index (Phi) is 6.98. The first-order valence-electron chi connectivity index (χ1n) is 6.29. The second-order valence-corrected chi connectivity index (χ2v) is 5.88. The molecule has 0 aromatic heterocycles. The molecule has 0 atom stereocenters. The molecule has 1 amide bonds. The van der Waals surface area contributed by atoms with Crippen molar-refractivity contribution >= 4 is 39.4 Å². The second kappa shape index (κ2) is 8.24. The molecule has 0 bridgehead atoms. The average molecular weight is 379 g/mol. The SMILES string of the molecule is COC(=O)CN(C(=O)COc1ccc(Br)cc1Cl)C(C)C. The first-order chi connectivity index (χ1) is 9.85. The van der Waals surface area contributed by atoms with Gasteiger partial charge in [-0.15, -0.1) is 0 Å². The number of carbonyl (C=O) groups is 2. The van der Waals surface area contributed by atoms with Crippen molar-refractivity contribution in [3.63, 3.8) is 0 Å². The van der Waals surface area contributed by atoms with Gasteiger partial charge in [0.15, 0.2) is 6.61 Å². The van der Waals surface area contributed by atoms with E-state index >= 15 is 0 Å². The monoisotopic (exact) mass is 377 g/mol. The Hall–Kier alpha value is -1.27. The number of ether oxygens (including phenoxy) is 2. The molecule has 0 aliphatic rings. The van der Waals surface area contributed by atoms with Crippen LogP contribution in [-0.2, 0) is 14.3 Å². The van der Waals surface area contributed by atoms with Crippen LogP contribution in [0.5, 0.6) is 5.75 Å². The number of hydrogen-bond donors (Lipinski definition) is 0. The molecule has 0 aliphatic heterocycles. The van der Waals surface area contributed by atoms with E-state index in [0.29, 0.717) is 10.8 Å². The van der Waals surface area contributed by atoms with Gasteiger partial charge in [0.2, 0.25) is 0 Å². The summed E-state index contributed by atoms with van der Waals surface area (Å²) in [5.41, 5.74) is 0. The molecule has 0 radical (unpaired) electrons. The molecule has 1 rings (SSSR count). The van der Waals surface area contributed by atoms with Crippen LogP contribution in [0.4, 0.5) is 0 Å². The highest BCUT2D eigenvalue weighted by Crippen LogP contribution is 2.27. The van der Waals surface area contributed by atoms with Crippen LogP contribution in [0.1, 0.15) is 13.8 Å². The van der Waals surface area contributed by atoms with Gasteiger partial charge in [-0.25, -0.2) is 0 Å². The Morgan fingerprint density at radius 1 is 1.38 bits per heavy atom. The van der Waals surface area contributed by atoms with Crippen LogP contribution in [0.2, 0.25) is 5.02 Å². The lowest BCUT2D eigenvalue weighted by molar-refractivity contribution is -0.149. The Morgan fingerprint density at radius 2 is 2.05 bits per heavy atom. The number of rotatable bonds is 6. The van der Waals surface area contributed by atoms with Crippen LogP contribution in [0.25, 0.3) is 0 Å². The number of methoxy groups -OCH3 is 1. The van der Waals surface area contributed by atoms with Crippen molar-refractivity contribution in [1.29, 1.82) is 0 Å². The predicted octanol–water partition coefficient (Wildman–Crippen LogP) is 2.89. The fraction of sp³-hybridized carbons (Fsp3) is 0.429. The summed E-state index contributed by atoms with van der Waals surface area (Å²) < 4.78 is 10.8. The number of carbonyl (C=O) groups excluding carboxylic acids is 2. The molecular weight excluding hydrogens is 362 g/mol. The maximum Gasteiger partial charge on any atom is 0.325 e. The molecule has 0 N–H and O–H groups in total. The predicted molar refractivity (Wildman–Crippen MR) is 83.5 cm³/mol. The average Bonchev–Trinajstić information content (AvgIpc) is 2.42. The maximum atomic E-state index is 12.1. The molecule has 1 aromatic rings. The van der Waals surface area contributed by atoms with Crippen LogP contribution >= 0.6 is 27.5 Å². The Bertz CT molecular complexity index is 522. The van der Waals surface area contributed by atoms with Gasteiger partial charge >= 0.3 is 5.97 Å². The second-order valence-electron chi connectivity index (χ2n) is 4.55. The van der Waals surface area contributed by atoms with Gasteiger partial charge < -0.3 is 14.4 Å². The summed E-state index contributed by atoms with van der Waals surface area (Å²) in [5, 5.41) is 0.404. The van der Waals surface area contributed by atoms with Crippen LogP contribution in [0.15, 0.2) is 22.7 Å². The van der Waals surface area contributed by atoms with E-state index in [9.17, 15) is 9.59 Å². The van der Waals surface area contributed by atoms with Gasteiger partial charge in [-0.05, 0) is 32.0 Å². The summed E-state index contributed by atoms with van der Waals surface area (Å²) in [4.78, 5) is 24.8. The van der Waals surface area contributed by atoms with Gasteiger partial charge in [-0.1, -0.05) is 27.5 Å². The Labute approximate surface area is 137 Å². The summed E-state index contributed by atoms with van der Waals surface area (Å²) in [6, 6.07) is 4.97. The first kappa shape index (κ1) is 17.8. The fourth-order valence-corrected chi connectivity index (χ4v) is 2.31. The van der Waals surface area contributed by atoms with Crippen LogP contribution in [-0.4, -0.2) is 43.1 Å². The van der Waals surface area contributed by atoms with E-state index in [4.69, 9.17) is 16.3 Å². The third-order valence-corrected chi connectivity index (χ3v) is 3.50. The van der Waals surface area contributed by atoms with Crippen molar-refractivity contribution in [1.82, 2.24) is 4.90 Å². The quantitative estimate of drug-likeness (QED) is 0.714. The minimum Gasteiger partial charge on any atom is -0.482 e. The van der Waals surface area contributed by atoms with E-state index < -0.39 is 5.97 Å². The zero-order valence-corrected chi connectivity index (χ0v) is 14.4.